The molecule has 2 aromatic heterocycles. The fraction of sp³-hybridized carbons (Fsp3) is 0.136. The van der Waals surface area contributed by atoms with Gasteiger partial charge in [-0.25, -0.2) is 4.98 Å². The molecule has 140 valence electrons. The summed E-state index contributed by atoms with van der Waals surface area (Å²) in [4.78, 5) is 21.1. The maximum atomic E-state index is 12.3. The third-order valence-electron chi connectivity index (χ3n) is 4.22. The van der Waals surface area contributed by atoms with Crippen LogP contribution in [0.3, 0.4) is 0 Å². The number of nitrogens with zero attached hydrogens (tertiary/aromatic N) is 2. The highest BCUT2D eigenvalue weighted by atomic mass is 32.1. The van der Waals surface area contributed by atoms with Crippen LogP contribution in [0, 0.1) is 0 Å². The zero-order valence-corrected chi connectivity index (χ0v) is 16.0. The van der Waals surface area contributed by atoms with Crippen molar-refractivity contribution < 1.29 is 9.53 Å². The van der Waals surface area contributed by atoms with E-state index in [2.05, 4.69) is 15.3 Å². The number of thiazole rings is 1. The average Bonchev–Trinajstić information content (AvgIpc) is 3.25. The molecule has 1 N–H and O–H groups in total. The van der Waals surface area contributed by atoms with Gasteiger partial charge in [-0.1, -0.05) is 48.5 Å². The van der Waals surface area contributed by atoms with Crippen molar-refractivity contribution in [2.24, 2.45) is 0 Å². The summed E-state index contributed by atoms with van der Waals surface area (Å²) in [5.74, 6) is 0.599. The molecule has 0 aliphatic carbocycles. The second-order valence-electron chi connectivity index (χ2n) is 6.19. The largest absolute Gasteiger partial charge is 0.491 e. The van der Waals surface area contributed by atoms with Crippen molar-refractivity contribution in [1.82, 2.24) is 15.3 Å². The molecule has 0 spiro atoms. The summed E-state index contributed by atoms with van der Waals surface area (Å²) in [5.41, 5.74) is 2.32. The molecule has 0 saturated carbocycles. The van der Waals surface area contributed by atoms with Crippen LogP contribution in [0.15, 0.2) is 72.2 Å². The molecule has 1 amide bonds. The molecule has 0 bridgehead atoms. The number of hydrogen-bond donors (Lipinski definition) is 1. The van der Waals surface area contributed by atoms with Crippen LogP contribution in [0.25, 0.3) is 21.5 Å². The third-order valence-corrected chi connectivity index (χ3v) is 5.11. The second-order valence-corrected chi connectivity index (χ2v) is 7.05. The summed E-state index contributed by atoms with van der Waals surface area (Å²) < 4.78 is 5.84. The molecule has 0 radical (unpaired) electrons. The number of benzene rings is 2. The van der Waals surface area contributed by atoms with Crippen molar-refractivity contribution in [3.05, 3.63) is 77.9 Å². The van der Waals surface area contributed by atoms with Gasteiger partial charge < -0.3 is 10.1 Å². The Balaban J connectivity index is 1.26. The summed E-state index contributed by atoms with van der Waals surface area (Å²) in [6.45, 7) is 1.03. The zero-order valence-electron chi connectivity index (χ0n) is 15.2. The number of rotatable bonds is 7. The van der Waals surface area contributed by atoms with Gasteiger partial charge in [0.2, 0.25) is 0 Å². The molecule has 5 nitrogen and oxygen atoms in total. The highest BCUT2D eigenvalue weighted by Gasteiger charge is 2.11. The Morgan fingerprint density at radius 1 is 1.04 bits per heavy atom. The fourth-order valence-electron chi connectivity index (χ4n) is 2.83. The summed E-state index contributed by atoms with van der Waals surface area (Å²) in [6.07, 6.45) is 2.46. The van der Waals surface area contributed by atoms with Crippen LogP contribution in [0.2, 0.25) is 0 Å². The van der Waals surface area contributed by atoms with E-state index in [1.54, 1.807) is 11.6 Å². The van der Waals surface area contributed by atoms with Gasteiger partial charge in [-0.3, -0.25) is 9.78 Å². The molecule has 0 unspecified atom stereocenters. The molecular weight excluding hydrogens is 370 g/mol. The number of hydrogen-bond acceptors (Lipinski definition) is 5. The van der Waals surface area contributed by atoms with Crippen LogP contribution in [0.1, 0.15) is 16.9 Å². The van der Waals surface area contributed by atoms with E-state index in [1.165, 1.54) is 11.3 Å². The molecule has 4 aromatic rings. The molecule has 6 heteroatoms. The minimum Gasteiger partial charge on any atom is -0.491 e. The summed E-state index contributed by atoms with van der Waals surface area (Å²) in [6, 6.07) is 19.6. The maximum absolute atomic E-state index is 12.3. The molecule has 28 heavy (non-hydrogen) atoms. The topological polar surface area (TPSA) is 64.1 Å². The van der Waals surface area contributed by atoms with Gasteiger partial charge in [-0.2, -0.15) is 0 Å². The lowest BCUT2D eigenvalue weighted by Crippen LogP contribution is -2.25. The SMILES string of the molecule is O=C(NCCCOc1cccc2cccnc12)c1csc(-c2ccccc2)n1. The Hall–Kier alpha value is -3.25. The van der Waals surface area contributed by atoms with E-state index in [9.17, 15) is 4.79 Å². The van der Waals surface area contributed by atoms with Gasteiger partial charge in [0.05, 0.1) is 6.61 Å². The lowest BCUT2D eigenvalue weighted by Gasteiger charge is -2.09. The minimum atomic E-state index is -0.162. The molecule has 0 aliphatic rings. The number of nitrogens with one attached hydrogen (secondary N) is 1. The van der Waals surface area contributed by atoms with Gasteiger partial charge in [0.15, 0.2) is 0 Å². The highest BCUT2D eigenvalue weighted by Crippen LogP contribution is 2.24. The monoisotopic (exact) mass is 389 g/mol. The molecule has 0 aliphatic heterocycles. The van der Waals surface area contributed by atoms with Crippen LogP contribution < -0.4 is 10.1 Å². The number of amides is 1. The van der Waals surface area contributed by atoms with Gasteiger partial charge in [-0.15, -0.1) is 11.3 Å². The van der Waals surface area contributed by atoms with Crippen LogP contribution in [0.4, 0.5) is 0 Å². The number of para-hydroxylation sites is 1. The van der Waals surface area contributed by atoms with Crippen LogP contribution in [-0.2, 0) is 0 Å². The van der Waals surface area contributed by atoms with Crippen LogP contribution in [-0.4, -0.2) is 29.0 Å². The summed E-state index contributed by atoms with van der Waals surface area (Å²) in [7, 11) is 0. The number of aromatic nitrogens is 2. The van der Waals surface area contributed by atoms with E-state index in [1.807, 2.05) is 60.7 Å². The Bertz CT molecular complexity index is 1070. The van der Waals surface area contributed by atoms with Crippen molar-refractivity contribution in [1.29, 1.82) is 0 Å². The number of carbonyl (C=O) groups excluding carboxylic acids is 1. The lowest BCUT2D eigenvalue weighted by molar-refractivity contribution is 0.0947. The van der Waals surface area contributed by atoms with Gasteiger partial charge in [0.1, 0.15) is 22.0 Å². The first-order valence-corrected chi connectivity index (χ1v) is 9.95. The van der Waals surface area contributed by atoms with Crippen molar-refractivity contribution in [2.45, 2.75) is 6.42 Å². The second kappa shape index (κ2) is 8.63. The first-order valence-electron chi connectivity index (χ1n) is 9.07. The first-order chi connectivity index (χ1) is 13.8. The van der Waals surface area contributed by atoms with E-state index in [-0.39, 0.29) is 5.91 Å². The van der Waals surface area contributed by atoms with E-state index in [0.717, 1.165) is 27.2 Å². The lowest BCUT2D eigenvalue weighted by atomic mass is 10.2. The van der Waals surface area contributed by atoms with Gasteiger partial charge in [0.25, 0.3) is 5.91 Å². The van der Waals surface area contributed by atoms with Crippen LogP contribution >= 0.6 is 11.3 Å². The average molecular weight is 389 g/mol. The standard InChI is InChI=1S/C22H19N3O2S/c26-21(18-15-28-22(25-18)17-7-2-1-3-8-17)24-13-6-14-27-19-11-4-9-16-10-5-12-23-20(16)19/h1-5,7-12,15H,6,13-14H2,(H,24,26). The first kappa shape index (κ1) is 18.1. The molecule has 0 fully saturated rings. The van der Waals surface area contributed by atoms with Gasteiger partial charge in [-0.05, 0) is 18.6 Å². The fourth-order valence-corrected chi connectivity index (χ4v) is 3.64. The third kappa shape index (κ3) is 4.18. The van der Waals surface area contributed by atoms with Crippen molar-refractivity contribution in [2.75, 3.05) is 13.2 Å². The Morgan fingerprint density at radius 3 is 2.79 bits per heavy atom. The van der Waals surface area contributed by atoms with Crippen molar-refractivity contribution in [3.63, 3.8) is 0 Å². The Labute approximate surface area is 167 Å². The van der Waals surface area contributed by atoms with Crippen molar-refractivity contribution >= 4 is 28.1 Å². The van der Waals surface area contributed by atoms with E-state index in [0.29, 0.717) is 25.3 Å². The Kier molecular flexibility index (Phi) is 5.58. The minimum absolute atomic E-state index is 0.162. The summed E-state index contributed by atoms with van der Waals surface area (Å²) in [5, 5.41) is 6.58. The number of carbonyl (C=O) groups is 1. The highest BCUT2D eigenvalue weighted by molar-refractivity contribution is 7.13. The normalized spacial score (nSPS) is 10.7. The van der Waals surface area contributed by atoms with Gasteiger partial charge in [0, 0.05) is 29.1 Å². The van der Waals surface area contributed by atoms with Crippen LogP contribution in [0.5, 0.6) is 5.75 Å². The predicted molar refractivity (Wildman–Crippen MR) is 112 cm³/mol. The maximum Gasteiger partial charge on any atom is 0.270 e. The quantitative estimate of drug-likeness (QED) is 0.471. The van der Waals surface area contributed by atoms with E-state index in [4.69, 9.17) is 4.74 Å². The molecule has 0 saturated heterocycles. The zero-order chi connectivity index (χ0) is 19.2. The molecule has 2 aromatic carbocycles. The molecule has 4 rings (SSSR count). The number of ether oxygens (including phenoxy) is 1. The molecule has 2 heterocycles. The smallest absolute Gasteiger partial charge is 0.270 e. The Morgan fingerprint density at radius 2 is 1.89 bits per heavy atom. The predicted octanol–water partition coefficient (Wildman–Crippen LogP) is 4.56. The van der Waals surface area contributed by atoms with E-state index < -0.39 is 0 Å². The molecule has 0 atom stereocenters. The van der Waals surface area contributed by atoms with E-state index >= 15 is 0 Å². The van der Waals surface area contributed by atoms with Gasteiger partial charge >= 0.3 is 0 Å². The molecular formula is C22H19N3O2S. The number of pyridine rings is 1. The van der Waals surface area contributed by atoms with Crippen molar-refractivity contribution in [3.8, 4) is 16.3 Å². The number of fused-ring (bicyclic) bond motifs is 1. The summed E-state index contributed by atoms with van der Waals surface area (Å²) >= 11 is 1.47.